The van der Waals surface area contributed by atoms with Crippen molar-refractivity contribution in [2.75, 3.05) is 14.1 Å². The molecule has 0 radical (unpaired) electrons. The van der Waals surface area contributed by atoms with Crippen LogP contribution < -0.4 is 5.32 Å². The van der Waals surface area contributed by atoms with Crippen molar-refractivity contribution in [3.63, 3.8) is 0 Å². The number of rotatable bonds is 10. The summed E-state index contributed by atoms with van der Waals surface area (Å²) in [5.41, 5.74) is 1.17. The minimum atomic E-state index is -0.314. The third kappa shape index (κ3) is 5.52. The topological polar surface area (TPSA) is 76.2 Å². The van der Waals surface area contributed by atoms with E-state index in [1.807, 2.05) is 51.4 Å². The first kappa shape index (κ1) is 22.1. The lowest BCUT2D eigenvalue weighted by Crippen LogP contribution is -2.30. The summed E-state index contributed by atoms with van der Waals surface area (Å²) in [5.74, 6) is 1.58. The van der Waals surface area contributed by atoms with Crippen LogP contribution in [0.4, 0.5) is 0 Å². The highest BCUT2D eigenvalue weighted by molar-refractivity contribution is 8.00. The number of carbonyl (C=O) groups is 1. The van der Waals surface area contributed by atoms with Gasteiger partial charge in [0.25, 0.3) is 0 Å². The van der Waals surface area contributed by atoms with Gasteiger partial charge in [-0.2, -0.15) is 0 Å². The van der Waals surface area contributed by atoms with E-state index in [2.05, 4.69) is 44.0 Å². The Labute approximate surface area is 181 Å². The summed E-state index contributed by atoms with van der Waals surface area (Å²) in [4.78, 5) is 14.7. The highest BCUT2D eigenvalue weighted by Crippen LogP contribution is 2.28. The van der Waals surface area contributed by atoms with Crippen LogP contribution in [-0.2, 0) is 17.9 Å². The lowest BCUT2D eigenvalue weighted by atomic mass is 10.2. The maximum atomic E-state index is 12.6. The predicted octanol–water partition coefficient (Wildman–Crippen LogP) is 3.73. The van der Waals surface area contributed by atoms with Crippen molar-refractivity contribution in [2.24, 2.45) is 0 Å². The van der Waals surface area contributed by atoms with E-state index in [4.69, 9.17) is 4.42 Å². The third-order valence-corrected chi connectivity index (χ3v) is 5.99. The van der Waals surface area contributed by atoms with Gasteiger partial charge in [-0.15, -0.1) is 10.2 Å². The first-order valence-electron chi connectivity index (χ1n) is 10.1. The Kier molecular flexibility index (Phi) is 7.70. The molecule has 2 atom stereocenters. The molecule has 0 aliphatic carbocycles. The Morgan fingerprint density at radius 3 is 2.60 bits per heavy atom. The summed E-state index contributed by atoms with van der Waals surface area (Å²) >= 11 is 1.42. The van der Waals surface area contributed by atoms with Gasteiger partial charge >= 0.3 is 0 Å². The van der Waals surface area contributed by atoms with E-state index in [0.29, 0.717) is 13.1 Å². The molecule has 1 N–H and O–H groups in total. The molecule has 1 amide bonds. The number of aromatic nitrogens is 3. The number of furan rings is 1. The Morgan fingerprint density at radius 2 is 1.97 bits per heavy atom. The third-order valence-electron chi connectivity index (χ3n) is 4.91. The number of nitrogens with zero attached hydrogens (tertiary/aromatic N) is 4. The highest BCUT2D eigenvalue weighted by atomic mass is 32.2. The summed E-state index contributed by atoms with van der Waals surface area (Å²) in [6.45, 7) is 5.06. The molecule has 0 unspecified atom stereocenters. The van der Waals surface area contributed by atoms with Gasteiger partial charge in [0.2, 0.25) is 5.91 Å². The molecule has 2 aromatic heterocycles. The number of thioether (sulfide) groups is 1. The average molecular weight is 428 g/mol. The van der Waals surface area contributed by atoms with Crippen LogP contribution in [0.15, 0.2) is 58.3 Å². The molecule has 0 aliphatic rings. The lowest BCUT2D eigenvalue weighted by Gasteiger charge is -2.23. The van der Waals surface area contributed by atoms with Gasteiger partial charge in [0, 0.05) is 0 Å². The molecule has 160 valence electrons. The molecular formula is C22H29N5O2S. The van der Waals surface area contributed by atoms with Gasteiger partial charge in [-0.1, -0.05) is 49.0 Å². The fourth-order valence-corrected chi connectivity index (χ4v) is 4.15. The Balaban J connectivity index is 1.78. The monoisotopic (exact) mass is 427 g/mol. The maximum Gasteiger partial charge on any atom is 0.233 e. The molecule has 3 rings (SSSR count). The van der Waals surface area contributed by atoms with Crippen LogP contribution in [-0.4, -0.2) is 44.9 Å². The molecule has 7 nitrogen and oxygen atoms in total. The van der Waals surface area contributed by atoms with E-state index in [0.717, 1.165) is 23.2 Å². The molecule has 30 heavy (non-hydrogen) atoms. The van der Waals surface area contributed by atoms with Crippen molar-refractivity contribution in [3.8, 4) is 0 Å². The number of hydrogen-bond donors (Lipinski definition) is 1. The van der Waals surface area contributed by atoms with Gasteiger partial charge in [-0.05, 0) is 45.1 Å². The summed E-state index contributed by atoms with van der Waals surface area (Å²) in [6.07, 6.45) is 2.52. The standard InChI is InChI=1S/C22H29N5O2S/c1-5-19(26(3)4)20-24-25-22(27(20)15-17-10-7-6-8-11-17)30-16(2)21(28)23-14-18-12-9-13-29-18/h6-13,16,19H,5,14-15H2,1-4H3,(H,23,28)/t16-,19-/m0/s1. The van der Waals surface area contributed by atoms with Crippen molar-refractivity contribution in [1.29, 1.82) is 0 Å². The Bertz CT molecular complexity index is 924. The Morgan fingerprint density at radius 1 is 1.20 bits per heavy atom. The molecule has 8 heteroatoms. The number of amides is 1. The minimum Gasteiger partial charge on any atom is -0.467 e. The molecule has 2 heterocycles. The molecule has 0 saturated heterocycles. The second-order valence-electron chi connectivity index (χ2n) is 7.36. The van der Waals surface area contributed by atoms with E-state index in [-0.39, 0.29) is 17.2 Å². The lowest BCUT2D eigenvalue weighted by molar-refractivity contribution is -0.120. The van der Waals surface area contributed by atoms with Crippen LogP contribution >= 0.6 is 11.8 Å². The SMILES string of the molecule is CC[C@@H](c1nnc(S[C@@H](C)C(=O)NCc2ccco2)n1Cc1ccccc1)N(C)C. The fourth-order valence-electron chi connectivity index (χ4n) is 3.27. The van der Waals surface area contributed by atoms with E-state index in [9.17, 15) is 4.79 Å². The van der Waals surface area contributed by atoms with Crippen LogP contribution in [0.2, 0.25) is 0 Å². The van der Waals surface area contributed by atoms with Crippen molar-refractivity contribution in [1.82, 2.24) is 25.0 Å². The molecule has 3 aromatic rings. The summed E-state index contributed by atoms with van der Waals surface area (Å²) in [7, 11) is 4.10. The van der Waals surface area contributed by atoms with Gasteiger partial charge in [-0.25, -0.2) is 0 Å². The van der Waals surface area contributed by atoms with E-state index in [1.165, 1.54) is 17.3 Å². The molecule has 0 fully saturated rings. The van der Waals surface area contributed by atoms with Crippen molar-refractivity contribution >= 4 is 17.7 Å². The van der Waals surface area contributed by atoms with Gasteiger partial charge in [0.1, 0.15) is 5.76 Å². The average Bonchev–Trinajstić information content (AvgIpc) is 3.39. The van der Waals surface area contributed by atoms with Crippen LogP contribution in [0.5, 0.6) is 0 Å². The number of nitrogens with one attached hydrogen (secondary N) is 1. The van der Waals surface area contributed by atoms with Gasteiger partial charge in [0.05, 0.1) is 30.6 Å². The number of carbonyl (C=O) groups excluding carboxylic acids is 1. The second-order valence-corrected chi connectivity index (χ2v) is 8.67. The number of benzene rings is 1. The van der Waals surface area contributed by atoms with Crippen molar-refractivity contribution in [2.45, 2.75) is 49.8 Å². The highest BCUT2D eigenvalue weighted by Gasteiger charge is 2.25. The van der Waals surface area contributed by atoms with Crippen molar-refractivity contribution < 1.29 is 9.21 Å². The zero-order chi connectivity index (χ0) is 21.5. The van der Waals surface area contributed by atoms with Gasteiger partial charge in [0.15, 0.2) is 11.0 Å². The molecule has 0 aliphatic heterocycles. The smallest absolute Gasteiger partial charge is 0.233 e. The molecule has 0 saturated carbocycles. The summed E-state index contributed by atoms with van der Waals surface area (Å²) < 4.78 is 7.41. The molecule has 0 bridgehead atoms. The van der Waals surface area contributed by atoms with Crippen LogP contribution in [0, 0.1) is 0 Å². The zero-order valence-corrected chi connectivity index (χ0v) is 18.7. The fraction of sp³-hybridized carbons (Fsp3) is 0.409. The summed E-state index contributed by atoms with van der Waals surface area (Å²) in [5, 5.41) is 12.3. The van der Waals surface area contributed by atoms with Gasteiger partial charge < -0.3 is 14.3 Å². The minimum absolute atomic E-state index is 0.0631. The molecular weight excluding hydrogens is 398 g/mol. The van der Waals surface area contributed by atoms with E-state index in [1.54, 1.807) is 6.26 Å². The van der Waals surface area contributed by atoms with Crippen LogP contribution in [0.25, 0.3) is 0 Å². The van der Waals surface area contributed by atoms with E-state index >= 15 is 0 Å². The normalized spacial score (nSPS) is 13.4. The first-order chi connectivity index (χ1) is 14.5. The zero-order valence-electron chi connectivity index (χ0n) is 17.9. The van der Waals surface area contributed by atoms with Crippen molar-refractivity contribution in [3.05, 3.63) is 65.9 Å². The number of hydrogen-bond acceptors (Lipinski definition) is 6. The molecule has 0 spiro atoms. The Hall–Kier alpha value is -2.58. The van der Waals surface area contributed by atoms with Crippen LogP contribution in [0.1, 0.15) is 43.5 Å². The quantitative estimate of drug-likeness (QED) is 0.497. The molecule has 1 aromatic carbocycles. The van der Waals surface area contributed by atoms with Crippen LogP contribution in [0.3, 0.4) is 0 Å². The van der Waals surface area contributed by atoms with E-state index < -0.39 is 0 Å². The largest absolute Gasteiger partial charge is 0.467 e. The second kappa shape index (κ2) is 10.4. The van der Waals surface area contributed by atoms with Gasteiger partial charge in [-0.3, -0.25) is 9.69 Å². The maximum absolute atomic E-state index is 12.6. The summed E-state index contributed by atoms with van der Waals surface area (Å²) in [6, 6.07) is 14.0. The predicted molar refractivity (Wildman–Crippen MR) is 118 cm³/mol. The first-order valence-corrected chi connectivity index (χ1v) is 11.0.